The normalized spacial score (nSPS) is 9.12. The van der Waals surface area contributed by atoms with E-state index in [2.05, 4.69) is 10.3 Å². The lowest BCUT2D eigenvalue weighted by atomic mass is 10.3. The van der Waals surface area contributed by atoms with Gasteiger partial charge >= 0.3 is 0 Å². The molecule has 0 saturated carbocycles. The van der Waals surface area contributed by atoms with Crippen molar-refractivity contribution in [2.45, 2.75) is 6.92 Å². The first kappa shape index (κ1) is 15.7. The Morgan fingerprint density at radius 1 is 1.35 bits per heavy atom. The third-order valence-corrected chi connectivity index (χ3v) is 2.28. The summed E-state index contributed by atoms with van der Waals surface area (Å²) >= 11 is 0. The summed E-state index contributed by atoms with van der Waals surface area (Å²) in [7, 11) is 1.84. The van der Waals surface area contributed by atoms with E-state index in [-0.39, 0.29) is 24.8 Å². The van der Waals surface area contributed by atoms with Crippen molar-refractivity contribution in [1.82, 2.24) is 9.55 Å². The van der Waals surface area contributed by atoms with Gasteiger partial charge in [0.25, 0.3) is 0 Å². The van der Waals surface area contributed by atoms with Gasteiger partial charge in [0, 0.05) is 18.8 Å². The Balaban J connectivity index is 0.00000128. The number of hydrogen-bond acceptors (Lipinski definition) is 2. The molecular formula is C11H14Cl2FN3. The summed E-state index contributed by atoms with van der Waals surface area (Å²) in [6.07, 6.45) is 3.42. The van der Waals surface area contributed by atoms with Gasteiger partial charge in [-0.05, 0) is 25.1 Å². The maximum Gasteiger partial charge on any atom is 0.215 e. The fourth-order valence-electron chi connectivity index (χ4n) is 1.48. The number of halogens is 3. The van der Waals surface area contributed by atoms with Crippen LogP contribution in [0, 0.1) is 12.9 Å². The van der Waals surface area contributed by atoms with Crippen LogP contribution in [0.1, 0.15) is 5.56 Å². The average molecular weight is 278 g/mol. The van der Waals surface area contributed by atoms with E-state index in [1.807, 2.05) is 29.9 Å². The van der Waals surface area contributed by atoms with Crippen LogP contribution in [0.3, 0.4) is 0 Å². The molecule has 0 atom stereocenters. The molecule has 1 N–H and O–H groups in total. The largest absolute Gasteiger partial charge is 0.374 e. The van der Waals surface area contributed by atoms with Gasteiger partial charge in [0.05, 0.1) is 11.9 Å². The van der Waals surface area contributed by atoms with Crippen molar-refractivity contribution in [3.8, 4) is 5.69 Å². The Kier molecular flexibility index (Phi) is 5.99. The molecule has 0 fully saturated rings. The number of anilines is 1. The minimum atomic E-state index is -0.420. The molecule has 3 nitrogen and oxygen atoms in total. The molecule has 6 heteroatoms. The third-order valence-electron chi connectivity index (χ3n) is 2.28. The molecule has 0 amide bonds. The highest BCUT2D eigenvalue weighted by Crippen LogP contribution is 2.17. The summed E-state index contributed by atoms with van der Waals surface area (Å²) in [4.78, 5) is 3.69. The fraction of sp³-hybridized carbons (Fsp3) is 0.182. The van der Waals surface area contributed by atoms with E-state index >= 15 is 0 Å². The maximum atomic E-state index is 13.0. The van der Waals surface area contributed by atoms with Gasteiger partial charge in [-0.15, -0.1) is 24.8 Å². The molecule has 0 unspecified atom stereocenters. The van der Waals surface area contributed by atoms with Crippen LogP contribution in [-0.4, -0.2) is 16.6 Å². The first-order valence-corrected chi connectivity index (χ1v) is 4.70. The minimum Gasteiger partial charge on any atom is -0.374 e. The zero-order valence-electron chi connectivity index (χ0n) is 9.48. The molecule has 2 rings (SSSR count). The van der Waals surface area contributed by atoms with Crippen LogP contribution in [0.4, 0.5) is 10.2 Å². The number of hydrogen-bond donors (Lipinski definition) is 1. The van der Waals surface area contributed by atoms with Crippen LogP contribution >= 0.6 is 24.8 Å². The van der Waals surface area contributed by atoms with E-state index in [4.69, 9.17) is 0 Å². The van der Waals surface area contributed by atoms with E-state index < -0.39 is 5.95 Å². The van der Waals surface area contributed by atoms with Crippen LogP contribution in [0.5, 0.6) is 0 Å². The molecule has 0 aliphatic heterocycles. The highest BCUT2D eigenvalue weighted by atomic mass is 35.5. The predicted molar refractivity (Wildman–Crippen MR) is 72.3 cm³/mol. The average Bonchev–Trinajstić information content (AvgIpc) is 2.70. The van der Waals surface area contributed by atoms with Crippen molar-refractivity contribution in [3.63, 3.8) is 0 Å². The maximum absolute atomic E-state index is 13.0. The Morgan fingerprint density at radius 2 is 2.06 bits per heavy atom. The molecule has 0 bridgehead atoms. The molecule has 0 aromatic carbocycles. The standard InChI is InChI=1S/C11H12FN3.2ClH/c1-8-6-9(7-14-11(8)12)15-5-3-4-10(15)13-2;;/h3-7,13H,1-2H3;2*1H. The highest BCUT2D eigenvalue weighted by molar-refractivity contribution is 5.85. The lowest BCUT2D eigenvalue weighted by Crippen LogP contribution is -2.01. The van der Waals surface area contributed by atoms with Crippen molar-refractivity contribution < 1.29 is 4.39 Å². The third kappa shape index (κ3) is 3.11. The Labute approximate surface area is 112 Å². The molecule has 17 heavy (non-hydrogen) atoms. The molecule has 0 aliphatic carbocycles. The summed E-state index contributed by atoms with van der Waals surface area (Å²) < 4.78 is 14.9. The van der Waals surface area contributed by atoms with Crippen molar-refractivity contribution in [1.29, 1.82) is 0 Å². The highest BCUT2D eigenvalue weighted by Gasteiger charge is 2.04. The van der Waals surface area contributed by atoms with Gasteiger partial charge in [-0.25, -0.2) is 4.98 Å². The van der Waals surface area contributed by atoms with Crippen molar-refractivity contribution in [2.75, 3.05) is 12.4 Å². The van der Waals surface area contributed by atoms with Crippen molar-refractivity contribution in [3.05, 3.63) is 42.1 Å². The number of pyridine rings is 1. The van der Waals surface area contributed by atoms with Crippen LogP contribution in [0.2, 0.25) is 0 Å². The fourth-order valence-corrected chi connectivity index (χ4v) is 1.48. The van der Waals surface area contributed by atoms with Gasteiger partial charge in [0.1, 0.15) is 5.82 Å². The van der Waals surface area contributed by atoms with Gasteiger partial charge in [-0.2, -0.15) is 4.39 Å². The van der Waals surface area contributed by atoms with Crippen molar-refractivity contribution in [2.24, 2.45) is 0 Å². The van der Waals surface area contributed by atoms with Crippen LogP contribution in [0.25, 0.3) is 5.69 Å². The molecule has 94 valence electrons. The summed E-state index contributed by atoms with van der Waals surface area (Å²) in [5.41, 5.74) is 1.39. The van der Waals surface area contributed by atoms with E-state index in [9.17, 15) is 4.39 Å². The van der Waals surface area contributed by atoms with Crippen LogP contribution in [0.15, 0.2) is 30.6 Å². The lowest BCUT2D eigenvalue weighted by molar-refractivity contribution is 0.573. The van der Waals surface area contributed by atoms with Crippen LogP contribution < -0.4 is 5.32 Å². The predicted octanol–water partition coefficient (Wildman–Crippen LogP) is 3.21. The van der Waals surface area contributed by atoms with Crippen LogP contribution in [-0.2, 0) is 0 Å². The smallest absolute Gasteiger partial charge is 0.215 e. The van der Waals surface area contributed by atoms with Gasteiger partial charge in [-0.1, -0.05) is 0 Å². The van der Waals surface area contributed by atoms with E-state index in [1.54, 1.807) is 13.0 Å². The van der Waals surface area contributed by atoms with Gasteiger partial charge in [0.15, 0.2) is 0 Å². The lowest BCUT2D eigenvalue weighted by Gasteiger charge is -2.08. The monoisotopic (exact) mass is 277 g/mol. The summed E-state index contributed by atoms with van der Waals surface area (Å²) in [5, 5.41) is 3.05. The number of aryl methyl sites for hydroxylation is 1. The summed E-state index contributed by atoms with van der Waals surface area (Å²) in [5.74, 6) is 0.528. The molecule has 2 aromatic heterocycles. The second-order valence-corrected chi connectivity index (χ2v) is 3.31. The second kappa shape index (κ2) is 6.47. The van der Waals surface area contributed by atoms with Gasteiger partial charge in [-0.3, -0.25) is 0 Å². The van der Waals surface area contributed by atoms with Gasteiger partial charge in [0.2, 0.25) is 5.95 Å². The first-order chi connectivity index (χ1) is 7.22. The van der Waals surface area contributed by atoms with E-state index in [0.717, 1.165) is 11.5 Å². The quantitative estimate of drug-likeness (QED) is 0.855. The van der Waals surface area contributed by atoms with Crippen molar-refractivity contribution >= 4 is 30.6 Å². The molecule has 0 radical (unpaired) electrons. The molecule has 0 spiro atoms. The topological polar surface area (TPSA) is 29.9 Å². The molecule has 2 heterocycles. The second-order valence-electron chi connectivity index (χ2n) is 3.31. The molecule has 0 aliphatic rings. The summed E-state index contributed by atoms with van der Waals surface area (Å²) in [6, 6.07) is 5.63. The molecule has 0 saturated heterocycles. The van der Waals surface area contributed by atoms with Gasteiger partial charge < -0.3 is 9.88 Å². The first-order valence-electron chi connectivity index (χ1n) is 4.70. The zero-order chi connectivity index (χ0) is 10.8. The van der Waals surface area contributed by atoms with E-state index in [0.29, 0.717) is 5.56 Å². The number of nitrogens with one attached hydrogen (secondary N) is 1. The zero-order valence-corrected chi connectivity index (χ0v) is 11.1. The Bertz CT molecular complexity index is 485. The summed E-state index contributed by atoms with van der Waals surface area (Å²) in [6.45, 7) is 1.70. The SMILES string of the molecule is CNc1cccn1-c1cnc(F)c(C)c1.Cl.Cl. The number of aromatic nitrogens is 2. The minimum absolute atomic E-state index is 0. The number of rotatable bonds is 2. The van der Waals surface area contributed by atoms with E-state index in [1.165, 1.54) is 6.20 Å². The molecular weight excluding hydrogens is 264 g/mol. The Hall–Kier alpha value is -1.26. The number of nitrogens with zero attached hydrogens (tertiary/aromatic N) is 2. The Morgan fingerprint density at radius 3 is 2.65 bits per heavy atom. The molecule has 2 aromatic rings.